The fourth-order valence-corrected chi connectivity index (χ4v) is 3.41. The van der Waals surface area contributed by atoms with Crippen LogP contribution in [0.3, 0.4) is 0 Å². The average Bonchev–Trinajstić information content (AvgIpc) is 3.03. The summed E-state index contributed by atoms with van der Waals surface area (Å²) >= 11 is 0. The highest BCUT2D eigenvalue weighted by Crippen LogP contribution is 2.42. The monoisotopic (exact) mass is 358 g/mol. The van der Waals surface area contributed by atoms with Crippen molar-refractivity contribution in [3.63, 3.8) is 0 Å². The summed E-state index contributed by atoms with van der Waals surface area (Å²) in [7, 11) is 0. The number of esters is 2. The Bertz CT molecular complexity index is 799. The standard InChI is InChI=1S/C20H22O6/c1-6-10(2)18(22)25-15-9-20(5)16(21)8-13(26-20)11(3)7-14-17(15)12(4)19(23)24-14/h6-8,14-15,17H,4,9H2,1-3,5H3/b10-6-,11-7-/t14-,15+,17+,20-/m1/s1. The number of fused-ring (bicyclic) bond motifs is 3. The molecule has 1 fully saturated rings. The van der Waals surface area contributed by atoms with Crippen molar-refractivity contribution in [3.8, 4) is 0 Å². The second kappa shape index (κ2) is 6.27. The third kappa shape index (κ3) is 2.89. The van der Waals surface area contributed by atoms with Crippen molar-refractivity contribution in [1.29, 1.82) is 0 Å². The number of allylic oxidation sites excluding steroid dienone is 2. The van der Waals surface area contributed by atoms with Gasteiger partial charge in [0, 0.05) is 23.6 Å². The van der Waals surface area contributed by atoms with Crippen LogP contribution < -0.4 is 0 Å². The maximum Gasteiger partial charge on any atom is 0.334 e. The van der Waals surface area contributed by atoms with E-state index in [9.17, 15) is 14.4 Å². The van der Waals surface area contributed by atoms with Gasteiger partial charge < -0.3 is 14.2 Å². The Labute approximate surface area is 152 Å². The summed E-state index contributed by atoms with van der Waals surface area (Å²) in [5.74, 6) is -1.35. The lowest BCUT2D eigenvalue weighted by atomic mass is 9.82. The summed E-state index contributed by atoms with van der Waals surface area (Å²) in [6.07, 6.45) is 3.50. The second-order valence-electron chi connectivity index (χ2n) is 7.10. The van der Waals surface area contributed by atoms with Crippen molar-refractivity contribution in [2.45, 2.75) is 51.9 Å². The van der Waals surface area contributed by atoms with Gasteiger partial charge in [0.2, 0.25) is 5.78 Å². The zero-order chi connectivity index (χ0) is 19.2. The Balaban J connectivity index is 2.05. The second-order valence-corrected chi connectivity index (χ2v) is 7.10. The molecule has 0 saturated carbocycles. The fraction of sp³-hybridized carbons (Fsp3) is 0.450. The molecule has 0 aromatic carbocycles. The highest BCUT2D eigenvalue weighted by Gasteiger charge is 2.51. The third-order valence-electron chi connectivity index (χ3n) is 5.19. The van der Waals surface area contributed by atoms with E-state index in [2.05, 4.69) is 6.58 Å². The maximum atomic E-state index is 12.5. The molecule has 3 heterocycles. The summed E-state index contributed by atoms with van der Waals surface area (Å²) in [5, 5.41) is 0. The molecule has 0 N–H and O–H groups in total. The number of rotatable bonds is 2. The Morgan fingerprint density at radius 2 is 2.12 bits per heavy atom. The van der Waals surface area contributed by atoms with Crippen LogP contribution in [-0.4, -0.2) is 35.5 Å². The first kappa shape index (κ1) is 18.2. The topological polar surface area (TPSA) is 78.9 Å². The molecule has 2 bridgehead atoms. The van der Waals surface area contributed by atoms with Crippen molar-refractivity contribution in [2.75, 3.05) is 0 Å². The minimum absolute atomic E-state index is 0.104. The lowest BCUT2D eigenvalue weighted by molar-refractivity contribution is -0.153. The minimum atomic E-state index is -1.17. The van der Waals surface area contributed by atoms with Crippen LogP contribution in [0.1, 0.15) is 34.1 Å². The Morgan fingerprint density at radius 1 is 1.42 bits per heavy atom. The van der Waals surface area contributed by atoms with Crippen molar-refractivity contribution in [2.24, 2.45) is 5.92 Å². The van der Waals surface area contributed by atoms with E-state index < -0.39 is 35.7 Å². The van der Waals surface area contributed by atoms with Crippen LogP contribution in [0.2, 0.25) is 0 Å². The molecule has 0 aromatic rings. The van der Waals surface area contributed by atoms with Gasteiger partial charge in [-0.05, 0) is 39.3 Å². The van der Waals surface area contributed by atoms with Crippen LogP contribution in [0.4, 0.5) is 0 Å². The molecule has 0 spiro atoms. The van der Waals surface area contributed by atoms with Crippen LogP contribution >= 0.6 is 0 Å². The molecule has 138 valence electrons. The van der Waals surface area contributed by atoms with Crippen molar-refractivity contribution < 1.29 is 28.6 Å². The van der Waals surface area contributed by atoms with Gasteiger partial charge in [-0.25, -0.2) is 9.59 Å². The molecule has 3 rings (SSSR count). The number of hydrogen-bond donors (Lipinski definition) is 0. The number of carbonyl (C=O) groups is 3. The molecule has 6 heteroatoms. The summed E-state index contributed by atoms with van der Waals surface area (Å²) in [5.41, 5.74) is 0.195. The van der Waals surface area contributed by atoms with E-state index in [4.69, 9.17) is 14.2 Å². The number of ketones is 1. The Hall–Kier alpha value is -2.63. The molecule has 0 radical (unpaired) electrons. The van der Waals surface area contributed by atoms with Crippen molar-refractivity contribution in [1.82, 2.24) is 0 Å². The molecule has 0 aliphatic carbocycles. The summed E-state index contributed by atoms with van der Waals surface area (Å²) < 4.78 is 17.0. The van der Waals surface area contributed by atoms with Crippen LogP contribution in [-0.2, 0) is 28.6 Å². The zero-order valence-corrected chi connectivity index (χ0v) is 15.3. The van der Waals surface area contributed by atoms with Gasteiger partial charge in [-0.2, -0.15) is 0 Å². The predicted molar refractivity (Wildman–Crippen MR) is 92.8 cm³/mol. The van der Waals surface area contributed by atoms with Gasteiger partial charge >= 0.3 is 11.9 Å². The number of hydrogen-bond acceptors (Lipinski definition) is 6. The quantitative estimate of drug-likeness (QED) is 0.558. The van der Waals surface area contributed by atoms with Gasteiger partial charge in [0.25, 0.3) is 0 Å². The summed E-state index contributed by atoms with van der Waals surface area (Å²) in [4.78, 5) is 36.9. The molecular weight excluding hydrogens is 336 g/mol. The van der Waals surface area contributed by atoms with E-state index in [1.54, 1.807) is 39.8 Å². The van der Waals surface area contributed by atoms with Gasteiger partial charge in [0.1, 0.15) is 18.0 Å². The van der Waals surface area contributed by atoms with E-state index >= 15 is 0 Å². The molecule has 3 aliphatic rings. The van der Waals surface area contributed by atoms with E-state index in [1.165, 1.54) is 6.08 Å². The molecule has 1 saturated heterocycles. The molecule has 0 amide bonds. The van der Waals surface area contributed by atoms with Crippen LogP contribution in [0.25, 0.3) is 0 Å². The third-order valence-corrected chi connectivity index (χ3v) is 5.19. The van der Waals surface area contributed by atoms with E-state index in [-0.39, 0.29) is 17.8 Å². The van der Waals surface area contributed by atoms with Crippen LogP contribution in [0.5, 0.6) is 0 Å². The fourth-order valence-electron chi connectivity index (χ4n) is 3.41. The zero-order valence-electron chi connectivity index (χ0n) is 15.3. The molecule has 26 heavy (non-hydrogen) atoms. The average molecular weight is 358 g/mol. The maximum absolute atomic E-state index is 12.5. The molecule has 4 atom stereocenters. The van der Waals surface area contributed by atoms with E-state index in [0.29, 0.717) is 16.9 Å². The number of ether oxygens (including phenoxy) is 3. The normalized spacial score (nSPS) is 35.9. The molecule has 0 aromatic heterocycles. The van der Waals surface area contributed by atoms with Crippen LogP contribution in [0, 0.1) is 5.92 Å². The van der Waals surface area contributed by atoms with Gasteiger partial charge in [0.05, 0.1) is 5.92 Å². The van der Waals surface area contributed by atoms with Gasteiger partial charge in [-0.1, -0.05) is 12.7 Å². The highest BCUT2D eigenvalue weighted by molar-refractivity contribution is 6.00. The molecule has 6 nitrogen and oxygen atoms in total. The first-order valence-corrected chi connectivity index (χ1v) is 8.54. The van der Waals surface area contributed by atoms with Gasteiger partial charge in [0.15, 0.2) is 5.60 Å². The first-order valence-electron chi connectivity index (χ1n) is 8.54. The lowest BCUT2D eigenvalue weighted by Gasteiger charge is -2.31. The predicted octanol–water partition coefficient (Wildman–Crippen LogP) is 2.55. The van der Waals surface area contributed by atoms with Crippen molar-refractivity contribution in [3.05, 3.63) is 47.3 Å². The number of carbonyl (C=O) groups excluding carboxylic acids is 3. The Kier molecular flexibility index (Phi) is 4.38. The largest absolute Gasteiger partial charge is 0.479 e. The minimum Gasteiger partial charge on any atom is -0.479 e. The van der Waals surface area contributed by atoms with Gasteiger partial charge in [-0.3, -0.25) is 4.79 Å². The van der Waals surface area contributed by atoms with E-state index in [1.807, 2.05) is 0 Å². The smallest absolute Gasteiger partial charge is 0.334 e. The highest BCUT2D eigenvalue weighted by atomic mass is 16.6. The summed E-state index contributed by atoms with van der Waals surface area (Å²) in [6.45, 7) is 10.6. The Morgan fingerprint density at radius 3 is 2.77 bits per heavy atom. The van der Waals surface area contributed by atoms with Gasteiger partial charge in [-0.15, -0.1) is 0 Å². The van der Waals surface area contributed by atoms with Crippen molar-refractivity contribution >= 4 is 17.7 Å². The van der Waals surface area contributed by atoms with E-state index in [0.717, 1.165) is 0 Å². The molecule has 3 aliphatic heterocycles. The summed E-state index contributed by atoms with van der Waals surface area (Å²) in [6, 6.07) is 0. The molecular formula is C20H22O6. The first-order chi connectivity index (χ1) is 12.2. The SMILES string of the molecule is C=C1C(=O)O[C@@H]2/C=C(/C)C3=CC(=O)[C@@](C)(C[C@H](OC(=O)/C(C)=C\C)[C@@H]12)O3. The molecule has 0 unspecified atom stereocenters. The lowest BCUT2D eigenvalue weighted by Crippen LogP contribution is -2.42. The van der Waals surface area contributed by atoms with Crippen LogP contribution in [0.15, 0.2) is 47.3 Å².